The molecule has 1 fully saturated rings. The van der Waals surface area contributed by atoms with Crippen molar-refractivity contribution in [3.63, 3.8) is 0 Å². The Kier molecular flexibility index (Phi) is 6.58. The summed E-state index contributed by atoms with van der Waals surface area (Å²) in [5, 5.41) is 5.16. The van der Waals surface area contributed by atoms with Crippen LogP contribution in [0.25, 0.3) is 0 Å². The minimum absolute atomic E-state index is 0.157. The summed E-state index contributed by atoms with van der Waals surface area (Å²) in [7, 11) is 4.63. The molecule has 1 aliphatic rings. The molecule has 2 heterocycles. The zero-order chi connectivity index (χ0) is 19.2. The maximum absolute atomic E-state index is 12.8. The van der Waals surface area contributed by atoms with Gasteiger partial charge in [-0.15, -0.1) is 11.3 Å². The standard InChI is InChI=1S/C20H26N2O4S/c1-24-16-11-14(12-17(25-2)19(16)26-3)20(23)21-13-15(18-7-6-10-27-18)22-8-4-5-9-22/h6-7,10-12,15H,4-5,8-9,13H2,1-3H3,(H,21,23)/t15-/m0/s1. The zero-order valence-electron chi connectivity index (χ0n) is 16.0. The van der Waals surface area contributed by atoms with Gasteiger partial charge >= 0.3 is 0 Å². The molecule has 0 aliphatic carbocycles. The predicted molar refractivity (Wildman–Crippen MR) is 106 cm³/mol. The summed E-state index contributed by atoms with van der Waals surface area (Å²) in [5.74, 6) is 1.26. The number of benzene rings is 1. The van der Waals surface area contributed by atoms with Crippen LogP contribution in [-0.4, -0.2) is 51.8 Å². The molecular formula is C20H26N2O4S. The van der Waals surface area contributed by atoms with Gasteiger partial charge in [0.2, 0.25) is 5.75 Å². The van der Waals surface area contributed by atoms with E-state index < -0.39 is 0 Å². The molecule has 0 saturated carbocycles. The molecule has 1 saturated heterocycles. The van der Waals surface area contributed by atoms with Crippen molar-refractivity contribution in [3.05, 3.63) is 40.1 Å². The second kappa shape index (κ2) is 9.10. The highest BCUT2D eigenvalue weighted by Crippen LogP contribution is 2.38. The van der Waals surface area contributed by atoms with E-state index in [1.54, 1.807) is 44.8 Å². The molecule has 7 heteroatoms. The van der Waals surface area contributed by atoms with E-state index in [9.17, 15) is 4.79 Å². The van der Waals surface area contributed by atoms with Crippen LogP contribution >= 0.6 is 11.3 Å². The number of likely N-dealkylation sites (tertiary alicyclic amines) is 1. The second-order valence-electron chi connectivity index (χ2n) is 6.40. The number of hydrogen-bond donors (Lipinski definition) is 1. The number of thiophene rings is 1. The van der Waals surface area contributed by atoms with E-state index in [0.717, 1.165) is 13.1 Å². The number of methoxy groups -OCH3 is 3. The number of carbonyl (C=O) groups is 1. The third-order valence-corrected chi connectivity index (χ3v) is 5.81. The number of ether oxygens (including phenoxy) is 3. The lowest BCUT2D eigenvalue weighted by Crippen LogP contribution is -2.36. The van der Waals surface area contributed by atoms with Crippen molar-refractivity contribution in [2.75, 3.05) is 41.0 Å². The van der Waals surface area contributed by atoms with E-state index in [2.05, 4.69) is 27.7 Å². The van der Waals surface area contributed by atoms with Crippen molar-refractivity contribution in [1.29, 1.82) is 0 Å². The Morgan fingerprint density at radius 1 is 1.15 bits per heavy atom. The Bertz CT molecular complexity index is 732. The van der Waals surface area contributed by atoms with Gasteiger partial charge in [-0.05, 0) is 49.5 Å². The highest BCUT2D eigenvalue weighted by atomic mass is 32.1. The molecule has 1 amide bonds. The molecule has 3 rings (SSSR count). The van der Waals surface area contributed by atoms with Gasteiger partial charge in [-0.25, -0.2) is 0 Å². The van der Waals surface area contributed by atoms with Gasteiger partial charge in [-0.3, -0.25) is 9.69 Å². The first kappa shape index (κ1) is 19.5. The molecule has 0 bridgehead atoms. The van der Waals surface area contributed by atoms with Crippen molar-refractivity contribution in [3.8, 4) is 17.2 Å². The van der Waals surface area contributed by atoms with Gasteiger partial charge in [0.1, 0.15) is 0 Å². The van der Waals surface area contributed by atoms with Crippen molar-refractivity contribution in [1.82, 2.24) is 10.2 Å². The predicted octanol–water partition coefficient (Wildman–Crippen LogP) is 3.34. The third-order valence-electron chi connectivity index (χ3n) is 4.84. The first-order valence-electron chi connectivity index (χ1n) is 9.03. The molecule has 2 aromatic rings. The summed E-state index contributed by atoms with van der Waals surface area (Å²) < 4.78 is 16.0. The lowest BCUT2D eigenvalue weighted by Gasteiger charge is -2.27. The molecule has 1 aromatic carbocycles. The SMILES string of the molecule is COc1cc(C(=O)NC[C@@H](c2cccs2)N2CCCC2)cc(OC)c1OC. The normalized spacial score (nSPS) is 15.4. The van der Waals surface area contributed by atoms with Crippen molar-refractivity contribution < 1.29 is 19.0 Å². The Morgan fingerprint density at radius 3 is 2.33 bits per heavy atom. The van der Waals surface area contributed by atoms with Gasteiger partial charge in [-0.2, -0.15) is 0 Å². The second-order valence-corrected chi connectivity index (χ2v) is 7.38. The summed E-state index contributed by atoms with van der Waals surface area (Å²) in [5.41, 5.74) is 0.482. The number of nitrogens with one attached hydrogen (secondary N) is 1. The van der Waals surface area contributed by atoms with Gasteiger partial charge in [0.15, 0.2) is 11.5 Å². The van der Waals surface area contributed by atoms with Crippen LogP contribution < -0.4 is 19.5 Å². The smallest absolute Gasteiger partial charge is 0.251 e. The highest BCUT2D eigenvalue weighted by molar-refractivity contribution is 7.10. The lowest BCUT2D eigenvalue weighted by molar-refractivity contribution is 0.0937. The Balaban J connectivity index is 1.76. The Hall–Kier alpha value is -2.25. The fourth-order valence-electron chi connectivity index (χ4n) is 3.45. The molecule has 0 radical (unpaired) electrons. The maximum Gasteiger partial charge on any atom is 0.251 e. The fourth-order valence-corrected chi connectivity index (χ4v) is 4.31. The molecule has 0 unspecified atom stereocenters. The van der Waals surface area contributed by atoms with E-state index in [0.29, 0.717) is 29.4 Å². The Labute approximate surface area is 164 Å². The van der Waals surface area contributed by atoms with Gasteiger partial charge in [0.25, 0.3) is 5.91 Å². The highest BCUT2D eigenvalue weighted by Gasteiger charge is 2.25. The summed E-state index contributed by atoms with van der Waals surface area (Å²) in [4.78, 5) is 16.5. The molecule has 27 heavy (non-hydrogen) atoms. The molecular weight excluding hydrogens is 364 g/mol. The van der Waals surface area contributed by atoms with Crippen LogP contribution in [-0.2, 0) is 0 Å². The fraction of sp³-hybridized carbons (Fsp3) is 0.450. The first-order chi connectivity index (χ1) is 13.2. The van der Waals surface area contributed by atoms with Crippen molar-refractivity contribution in [2.45, 2.75) is 18.9 Å². The van der Waals surface area contributed by atoms with E-state index in [1.807, 2.05) is 0 Å². The summed E-state index contributed by atoms with van der Waals surface area (Å²) in [6, 6.07) is 7.75. The quantitative estimate of drug-likeness (QED) is 0.749. The Morgan fingerprint density at radius 2 is 1.81 bits per heavy atom. The number of hydrogen-bond acceptors (Lipinski definition) is 6. The van der Waals surface area contributed by atoms with Crippen LogP contribution in [0.2, 0.25) is 0 Å². The van der Waals surface area contributed by atoms with Crippen LogP contribution in [0.3, 0.4) is 0 Å². The van der Waals surface area contributed by atoms with Crippen LogP contribution in [0.5, 0.6) is 17.2 Å². The van der Waals surface area contributed by atoms with Crippen LogP contribution in [0.15, 0.2) is 29.6 Å². The van der Waals surface area contributed by atoms with Gasteiger partial charge in [0, 0.05) is 17.0 Å². The minimum atomic E-state index is -0.157. The van der Waals surface area contributed by atoms with E-state index >= 15 is 0 Å². The van der Waals surface area contributed by atoms with Crippen molar-refractivity contribution in [2.24, 2.45) is 0 Å². The van der Waals surface area contributed by atoms with E-state index in [1.165, 1.54) is 17.7 Å². The topological polar surface area (TPSA) is 60.0 Å². The molecule has 1 N–H and O–H groups in total. The first-order valence-corrected chi connectivity index (χ1v) is 9.91. The summed E-state index contributed by atoms with van der Waals surface area (Å²) >= 11 is 1.73. The maximum atomic E-state index is 12.8. The van der Waals surface area contributed by atoms with Crippen LogP contribution in [0, 0.1) is 0 Å². The molecule has 6 nitrogen and oxygen atoms in total. The molecule has 1 atom stereocenters. The summed E-state index contributed by atoms with van der Waals surface area (Å²) in [6.45, 7) is 2.71. The molecule has 0 spiro atoms. The molecule has 146 valence electrons. The van der Waals surface area contributed by atoms with Gasteiger partial charge in [-0.1, -0.05) is 6.07 Å². The van der Waals surface area contributed by atoms with Crippen molar-refractivity contribution >= 4 is 17.2 Å². The molecule has 1 aliphatic heterocycles. The summed E-state index contributed by atoms with van der Waals surface area (Å²) in [6.07, 6.45) is 2.42. The lowest BCUT2D eigenvalue weighted by atomic mass is 10.1. The number of amides is 1. The number of rotatable bonds is 8. The monoisotopic (exact) mass is 390 g/mol. The largest absolute Gasteiger partial charge is 0.493 e. The number of carbonyl (C=O) groups excluding carboxylic acids is 1. The third kappa shape index (κ3) is 4.36. The van der Waals surface area contributed by atoms with Crippen LogP contribution in [0.1, 0.15) is 34.1 Å². The minimum Gasteiger partial charge on any atom is -0.493 e. The van der Waals surface area contributed by atoms with Crippen LogP contribution in [0.4, 0.5) is 0 Å². The zero-order valence-corrected chi connectivity index (χ0v) is 16.8. The average Bonchev–Trinajstić information content (AvgIpc) is 3.41. The van der Waals surface area contributed by atoms with E-state index in [-0.39, 0.29) is 11.9 Å². The van der Waals surface area contributed by atoms with E-state index in [4.69, 9.17) is 14.2 Å². The average molecular weight is 391 g/mol. The van der Waals surface area contributed by atoms with Gasteiger partial charge < -0.3 is 19.5 Å². The molecule has 1 aromatic heterocycles. The van der Waals surface area contributed by atoms with Gasteiger partial charge in [0.05, 0.1) is 27.4 Å². The number of nitrogens with zero attached hydrogens (tertiary/aromatic N) is 1.